The summed E-state index contributed by atoms with van der Waals surface area (Å²) in [6, 6.07) is 4.80. The van der Waals surface area contributed by atoms with Crippen LogP contribution in [-0.2, 0) is 0 Å². The Bertz CT molecular complexity index is 415. The van der Waals surface area contributed by atoms with Gasteiger partial charge in [-0.05, 0) is 56.1 Å². The van der Waals surface area contributed by atoms with Gasteiger partial charge in [-0.3, -0.25) is 0 Å². The monoisotopic (exact) mass is 272 g/mol. The van der Waals surface area contributed by atoms with Crippen molar-refractivity contribution in [3.8, 4) is 0 Å². The molecule has 1 aromatic heterocycles. The van der Waals surface area contributed by atoms with Crippen molar-refractivity contribution in [1.82, 2.24) is 4.98 Å². The summed E-state index contributed by atoms with van der Waals surface area (Å²) >= 11 is 0. The smallest absolute Gasteiger partial charge is 0.129 e. The van der Waals surface area contributed by atoms with E-state index in [0.29, 0.717) is 6.04 Å². The van der Waals surface area contributed by atoms with E-state index in [2.05, 4.69) is 23.3 Å². The topological polar surface area (TPSA) is 24.9 Å². The van der Waals surface area contributed by atoms with Crippen LogP contribution in [0.2, 0.25) is 0 Å². The molecule has 2 aliphatic carbocycles. The number of nitrogens with zero attached hydrogens (tertiary/aromatic N) is 1. The van der Waals surface area contributed by atoms with Gasteiger partial charge in [0, 0.05) is 12.2 Å². The average Bonchev–Trinajstić information content (AvgIpc) is 2.51. The van der Waals surface area contributed by atoms with Gasteiger partial charge in [0.1, 0.15) is 5.82 Å². The summed E-state index contributed by atoms with van der Waals surface area (Å²) in [6.45, 7) is 2.14. The van der Waals surface area contributed by atoms with E-state index < -0.39 is 0 Å². The van der Waals surface area contributed by atoms with Crippen LogP contribution in [0.15, 0.2) is 18.3 Å². The van der Waals surface area contributed by atoms with Crippen molar-refractivity contribution in [2.45, 2.75) is 70.8 Å². The molecule has 0 radical (unpaired) electrons. The average molecular weight is 272 g/mol. The maximum absolute atomic E-state index is 4.47. The van der Waals surface area contributed by atoms with Crippen LogP contribution in [0.1, 0.15) is 63.4 Å². The molecule has 0 amide bonds. The number of aromatic nitrogens is 1. The first-order chi connectivity index (χ1) is 9.83. The van der Waals surface area contributed by atoms with Gasteiger partial charge in [-0.15, -0.1) is 0 Å². The maximum atomic E-state index is 4.47. The molecule has 2 nitrogen and oxygen atoms in total. The van der Waals surface area contributed by atoms with Crippen LogP contribution in [0.25, 0.3) is 0 Å². The van der Waals surface area contributed by atoms with E-state index in [1.165, 1.54) is 63.4 Å². The van der Waals surface area contributed by atoms with E-state index in [1.807, 2.05) is 12.3 Å². The van der Waals surface area contributed by atoms with E-state index >= 15 is 0 Å². The summed E-state index contributed by atoms with van der Waals surface area (Å²) in [5, 5.41) is 3.66. The van der Waals surface area contributed by atoms with Crippen LogP contribution < -0.4 is 5.32 Å². The van der Waals surface area contributed by atoms with Crippen LogP contribution in [0.4, 0.5) is 5.82 Å². The minimum Gasteiger partial charge on any atom is -0.367 e. The molecule has 3 rings (SSSR count). The maximum Gasteiger partial charge on any atom is 0.129 e. The zero-order valence-corrected chi connectivity index (χ0v) is 12.8. The fraction of sp³-hybridized carbons (Fsp3) is 0.722. The molecule has 2 saturated carbocycles. The minimum absolute atomic E-state index is 0.642. The molecule has 2 fully saturated rings. The van der Waals surface area contributed by atoms with Crippen molar-refractivity contribution in [3.63, 3.8) is 0 Å². The third-order valence-corrected chi connectivity index (χ3v) is 5.44. The Balaban J connectivity index is 1.50. The van der Waals surface area contributed by atoms with Gasteiger partial charge in [0.25, 0.3) is 0 Å². The standard InChI is InChI=1S/C18H28N2/c1-14-6-5-13-19-18(14)20-17-11-9-16(10-12-17)15-7-3-2-4-8-15/h5-6,13,15-17H,2-4,7-12H2,1H3,(H,19,20). The lowest BCUT2D eigenvalue weighted by Crippen LogP contribution is -2.30. The van der Waals surface area contributed by atoms with Gasteiger partial charge >= 0.3 is 0 Å². The van der Waals surface area contributed by atoms with Gasteiger partial charge in [-0.25, -0.2) is 4.98 Å². The highest BCUT2D eigenvalue weighted by Crippen LogP contribution is 2.38. The lowest BCUT2D eigenvalue weighted by atomic mass is 9.72. The second-order valence-corrected chi connectivity index (χ2v) is 6.82. The first kappa shape index (κ1) is 13.9. The van der Waals surface area contributed by atoms with Crippen LogP contribution in [0.5, 0.6) is 0 Å². The zero-order valence-electron chi connectivity index (χ0n) is 12.8. The molecule has 1 N–H and O–H groups in total. The lowest BCUT2D eigenvalue weighted by Gasteiger charge is -2.36. The third kappa shape index (κ3) is 3.34. The predicted octanol–water partition coefficient (Wildman–Crippen LogP) is 4.94. The molecule has 20 heavy (non-hydrogen) atoms. The van der Waals surface area contributed by atoms with Gasteiger partial charge in [-0.2, -0.15) is 0 Å². The quantitative estimate of drug-likeness (QED) is 0.843. The fourth-order valence-corrected chi connectivity index (χ4v) is 4.17. The van der Waals surface area contributed by atoms with Crippen molar-refractivity contribution in [1.29, 1.82) is 0 Å². The Morgan fingerprint density at radius 1 is 0.950 bits per heavy atom. The lowest BCUT2D eigenvalue weighted by molar-refractivity contribution is 0.190. The summed E-state index contributed by atoms with van der Waals surface area (Å²) in [5.74, 6) is 3.15. The van der Waals surface area contributed by atoms with Gasteiger partial charge in [-0.1, -0.05) is 38.2 Å². The number of nitrogens with one attached hydrogen (secondary N) is 1. The number of pyridine rings is 1. The summed E-state index contributed by atoms with van der Waals surface area (Å²) in [5.41, 5.74) is 1.27. The minimum atomic E-state index is 0.642. The Morgan fingerprint density at radius 2 is 1.65 bits per heavy atom. The normalized spacial score (nSPS) is 28.2. The van der Waals surface area contributed by atoms with E-state index in [9.17, 15) is 0 Å². The first-order valence-electron chi connectivity index (χ1n) is 8.51. The van der Waals surface area contributed by atoms with E-state index in [1.54, 1.807) is 0 Å². The van der Waals surface area contributed by atoms with Crippen LogP contribution in [-0.4, -0.2) is 11.0 Å². The highest BCUT2D eigenvalue weighted by atomic mass is 15.0. The molecule has 0 spiro atoms. The van der Waals surface area contributed by atoms with Gasteiger partial charge in [0.2, 0.25) is 0 Å². The number of hydrogen-bond donors (Lipinski definition) is 1. The fourth-order valence-electron chi connectivity index (χ4n) is 4.17. The second kappa shape index (κ2) is 6.60. The molecule has 0 aromatic carbocycles. The molecular weight excluding hydrogens is 244 g/mol. The SMILES string of the molecule is Cc1cccnc1NC1CCC(C2CCCCC2)CC1. The van der Waals surface area contributed by atoms with E-state index in [0.717, 1.165) is 17.7 Å². The van der Waals surface area contributed by atoms with Crippen molar-refractivity contribution in [2.75, 3.05) is 5.32 Å². The number of aryl methyl sites for hydroxylation is 1. The van der Waals surface area contributed by atoms with Crippen molar-refractivity contribution in [2.24, 2.45) is 11.8 Å². The van der Waals surface area contributed by atoms with Crippen LogP contribution in [0.3, 0.4) is 0 Å². The van der Waals surface area contributed by atoms with Gasteiger partial charge < -0.3 is 5.32 Å². The molecule has 1 heterocycles. The summed E-state index contributed by atoms with van der Waals surface area (Å²) in [6.07, 6.45) is 14.8. The third-order valence-electron chi connectivity index (χ3n) is 5.44. The first-order valence-corrected chi connectivity index (χ1v) is 8.51. The number of hydrogen-bond acceptors (Lipinski definition) is 2. The van der Waals surface area contributed by atoms with E-state index in [4.69, 9.17) is 0 Å². The van der Waals surface area contributed by atoms with E-state index in [-0.39, 0.29) is 0 Å². The molecule has 0 bridgehead atoms. The van der Waals surface area contributed by atoms with Gasteiger partial charge in [0.15, 0.2) is 0 Å². The molecule has 1 aromatic rings. The molecule has 0 unspecified atom stereocenters. The summed E-state index contributed by atoms with van der Waals surface area (Å²) in [7, 11) is 0. The van der Waals surface area contributed by atoms with Crippen molar-refractivity contribution in [3.05, 3.63) is 23.9 Å². The second-order valence-electron chi connectivity index (χ2n) is 6.82. The van der Waals surface area contributed by atoms with Crippen molar-refractivity contribution >= 4 is 5.82 Å². The largest absolute Gasteiger partial charge is 0.367 e. The summed E-state index contributed by atoms with van der Waals surface area (Å²) < 4.78 is 0. The van der Waals surface area contributed by atoms with Crippen molar-refractivity contribution < 1.29 is 0 Å². The Labute approximate surface area is 123 Å². The number of rotatable bonds is 3. The highest BCUT2D eigenvalue weighted by molar-refractivity contribution is 5.43. The molecular formula is C18H28N2. The van der Waals surface area contributed by atoms with Gasteiger partial charge in [0.05, 0.1) is 0 Å². The molecule has 2 aliphatic rings. The van der Waals surface area contributed by atoms with Crippen LogP contribution in [0, 0.1) is 18.8 Å². The summed E-state index contributed by atoms with van der Waals surface area (Å²) in [4.78, 5) is 4.47. The zero-order chi connectivity index (χ0) is 13.8. The molecule has 0 aliphatic heterocycles. The highest BCUT2D eigenvalue weighted by Gasteiger charge is 2.28. The number of anilines is 1. The molecule has 2 heteroatoms. The Kier molecular flexibility index (Phi) is 4.59. The molecule has 0 atom stereocenters. The van der Waals surface area contributed by atoms with Crippen LogP contribution >= 0.6 is 0 Å². The Hall–Kier alpha value is -1.05. The predicted molar refractivity (Wildman–Crippen MR) is 84.9 cm³/mol. The molecule has 0 saturated heterocycles. The molecule has 110 valence electrons. The Morgan fingerprint density at radius 3 is 2.35 bits per heavy atom.